The summed E-state index contributed by atoms with van der Waals surface area (Å²) in [5.41, 5.74) is 5.62. The summed E-state index contributed by atoms with van der Waals surface area (Å²) in [7, 11) is 1.68. The van der Waals surface area contributed by atoms with Crippen LogP contribution in [0, 0.1) is 0 Å². The molecule has 3 heteroatoms. The third kappa shape index (κ3) is 6.15. The zero-order chi connectivity index (χ0) is 7.11. The molecule has 2 N–H and O–H groups in total. The van der Waals surface area contributed by atoms with E-state index in [-0.39, 0.29) is 6.04 Å². The van der Waals surface area contributed by atoms with Crippen LogP contribution in [-0.4, -0.2) is 31.3 Å². The highest BCUT2D eigenvalue weighted by atomic mass is 32.2. The predicted molar refractivity (Wildman–Crippen MR) is 42.9 cm³/mol. The molecule has 0 aliphatic heterocycles. The van der Waals surface area contributed by atoms with Gasteiger partial charge in [-0.1, -0.05) is 6.92 Å². The summed E-state index contributed by atoms with van der Waals surface area (Å²) in [6.45, 7) is 2.80. The minimum atomic E-state index is 0.208. The van der Waals surface area contributed by atoms with E-state index < -0.39 is 0 Å². The van der Waals surface area contributed by atoms with Gasteiger partial charge in [0.05, 0.1) is 6.61 Å². The molecule has 0 fully saturated rings. The number of hydrogen-bond acceptors (Lipinski definition) is 3. The van der Waals surface area contributed by atoms with Crippen molar-refractivity contribution in [2.45, 2.75) is 13.0 Å². The average Bonchev–Trinajstić information content (AvgIpc) is 1.85. The van der Waals surface area contributed by atoms with Gasteiger partial charge >= 0.3 is 0 Å². The summed E-state index contributed by atoms with van der Waals surface area (Å²) in [6, 6.07) is 0.208. The normalized spacial score (nSPS) is 13.7. The van der Waals surface area contributed by atoms with E-state index in [1.54, 1.807) is 7.11 Å². The molecule has 0 saturated heterocycles. The number of rotatable bonds is 5. The van der Waals surface area contributed by atoms with Crippen molar-refractivity contribution in [2.75, 3.05) is 25.2 Å². The number of ether oxygens (including phenoxy) is 1. The van der Waals surface area contributed by atoms with Crippen molar-refractivity contribution in [3.8, 4) is 0 Å². The van der Waals surface area contributed by atoms with Gasteiger partial charge in [0.15, 0.2) is 0 Å². The third-order valence-corrected chi connectivity index (χ3v) is 1.99. The van der Waals surface area contributed by atoms with Gasteiger partial charge in [0, 0.05) is 18.9 Å². The van der Waals surface area contributed by atoms with Gasteiger partial charge < -0.3 is 10.5 Å². The molecule has 1 unspecified atom stereocenters. The highest BCUT2D eigenvalue weighted by Crippen LogP contribution is 1.99. The van der Waals surface area contributed by atoms with Gasteiger partial charge in [-0.2, -0.15) is 11.8 Å². The molecule has 0 bridgehead atoms. The molecule has 0 aromatic carbocycles. The monoisotopic (exact) mass is 149 g/mol. The van der Waals surface area contributed by atoms with Crippen molar-refractivity contribution in [3.63, 3.8) is 0 Å². The number of nitrogens with two attached hydrogens (primary N) is 1. The first-order valence-electron chi connectivity index (χ1n) is 3.13. The van der Waals surface area contributed by atoms with Gasteiger partial charge in [-0.25, -0.2) is 0 Å². The molecule has 0 aliphatic carbocycles. The molecule has 0 amide bonds. The van der Waals surface area contributed by atoms with Crippen LogP contribution in [-0.2, 0) is 4.74 Å². The molecule has 0 aromatic rings. The van der Waals surface area contributed by atoms with Gasteiger partial charge in [-0.05, 0) is 5.75 Å². The van der Waals surface area contributed by atoms with E-state index in [1.807, 2.05) is 11.8 Å². The summed E-state index contributed by atoms with van der Waals surface area (Å²) in [5, 5.41) is 0. The van der Waals surface area contributed by atoms with Gasteiger partial charge in [0.2, 0.25) is 0 Å². The Labute approximate surface area is 61.1 Å². The quantitative estimate of drug-likeness (QED) is 0.625. The second kappa shape index (κ2) is 6.39. The standard InChI is InChI=1S/C6H15NOS/c1-3-9-5-6(7)4-8-2/h6H,3-5,7H2,1-2H3. The van der Waals surface area contributed by atoms with Crippen molar-refractivity contribution in [1.29, 1.82) is 0 Å². The SMILES string of the molecule is CCSCC(N)COC. The van der Waals surface area contributed by atoms with Gasteiger partial charge in [-0.15, -0.1) is 0 Å². The molecule has 56 valence electrons. The van der Waals surface area contributed by atoms with Crippen LogP contribution in [0.2, 0.25) is 0 Å². The Morgan fingerprint density at radius 2 is 2.33 bits per heavy atom. The lowest BCUT2D eigenvalue weighted by Crippen LogP contribution is -2.28. The van der Waals surface area contributed by atoms with Gasteiger partial charge in [-0.3, -0.25) is 0 Å². The van der Waals surface area contributed by atoms with Crippen molar-refractivity contribution in [2.24, 2.45) is 5.73 Å². The Hall–Kier alpha value is 0.270. The Balaban J connectivity index is 2.95. The third-order valence-electron chi connectivity index (χ3n) is 0.917. The average molecular weight is 149 g/mol. The van der Waals surface area contributed by atoms with E-state index in [0.29, 0.717) is 6.61 Å². The Kier molecular flexibility index (Phi) is 6.58. The summed E-state index contributed by atoms with van der Waals surface area (Å²) in [4.78, 5) is 0. The zero-order valence-electron chi connectivity index (χ0n) is 6.09. The molecular formula is C6H15NOS. The lowest BCUT2D eigenvalue weighted by Gasteiger charge is -2.07. The molecule has 1 atom stereocenters. The van der Waals surface area contributed by atoms with Crippen LogP contribution >= 0.6 is 11.8 Å². The second-order valence-electron chi connectivity index (χ2n) is 1.87. The molecule has 0 saturated carbocycles. The second-order valence-corrected chi connectivity index (χ2v) is 3.19. The highest BCUT2D eigenvalue weighted by molar-refractivity contribution is 7.99. The molecule has 2 nitrogen and oxygen atoms in total. The van der Waals surface area contributed by atoms with Crippen LogP contribution in [0.25, 0.3) is 0 Å². The maximum absolute atomic E-state index is 5.62. The van der Waals surface area contributed by atoms with Crippen LogP contribution in [0.15, 0.2) is 0 Å². The van der Waals surface area contributed by atoms with Crippen molar-refractivity contribution in [1.82, 2.24) is 0 Å². The van der Waals surface area contributed by atoms with Crippen molar-refractivity contribution < 1.29 is 4.74 Å². The summed E-state index contributed by atoms with van der Waals surface area (Å²) in [6.07, 6.45) is 0. The van der Waals surface area contributed by atoms with E-state index in [0.717, 1.165) is 11.5 Å². The fraction of sp³-hybridized carbons (Fsp3) is 1.00. The van der Waals surface area contributed by atoms with E-state index in [9.17, 15) is 0 Å². The Bertz CT molecular complexity index is 61.0. The molecule has 0 heterocycles. The minimum Gasteiger partial charge on any atom is -0.383 e. The number of methoxy groups -OCH3 is 1. The Morgan fingerprint density at radius 1 is 1.67 bits per heavy atom. The fourth-order valence-electron chi connectivity index (χ4n) is 0.531. The molecule has 0 radical (unpaired) electrons. The Morgan fingerprint density at radius 3 is 2.78 bits per heavy atom. The highest BCUT2D eigenvalue weighted by Gasteiger charge is 1.98. The van der Waals surface area contributed by atoms with E-state index in [4.69, 9.17) is 10.5 Å². The van der Waals surface area contributed by atoms with Crippen molar-refractivity contribution in [3.05, 3.63) is 0 Å². The first kappa shape index (κ1) is 9.27. The molecular weight excluding hydrogens is 134 g/mol. The van der Waals surface area contributed by atoms with E-state index >= 15 is 0 Å². The topological polar surface area (TPSA) is 35.2 Å². The van der Waals surface area contributed by atoms with E-state index in [1.165, 1.54) is 0 Å². The molecule has 0 rings (SSSR count). The van der Waals surface area contributed by atoms with Crippen LogP contribution in [0.1, 0.15) is 6.92 Å². The number of hydrogen-bond donors (Lipinski definition) is 1. The largest absolute Gasteiger partial charge is 0.383 e. The molecule has 0 aliphatic rings. The summed E-state index contributed by atoms with van der Waals surface area (Å²) < 4.78 is 4.86. The van der Waals surface area contributed by atoms with Crippen LogP contribution in [0.3, 0.4) is 0 Å². The number of thioether (sulfide) groups is 1. The van der Waals surface area contributed by atoms with E-state index in [2.05, 4.69) is 6.92 Å². The van der Waals surface area contributed by atoms with Crippen molar-refractivity contribution >= 4 is 11.8 Å². The summed E-state index contributed by atoms with van der Waals surface area (Å²) >= 11 is 1.85. The van der Waals surface area contributed by atoms with Crippen LogP contribution < -0.4 is 5.73 Å². The van der Waals surface area contributed by atoms with Crippen LogP contribution in [0.5, 0.6) is 0 Å². The minimum absolute atomic E-state index is 0.208. The van der Waals surface area contributed by atoms with Crippen LogP contribution in [0.4, 0.5) is 0 Å². The summed E-state index contributed by atoms with van der Waals surface area (Å²) in [5.74, 6) is 2.14. The maximum Gasteiger partial charge on any atom is 0.0621 e. The maximum atomic E-state index is 5.62. The fourth-order valence-corrected chi connectivity index (χ4v) is 1.17. The van der Waals surface area contributed by atoms with Gasteiger partial charge in [0.1, 0.15) is 0 Å². The van der Waals surface area contributed by atoms with Gasteiger partial charge in [0.25, 0.3) is 0 Å². The molecule has 0 spiro atoms. The molecule has 0 aromatic heterocycles. The first-order valence-corrected chi connectivity index (χ1v) is 4.29. The smallest absolute Gasteiger partial charge is 0.0621 e. The lowest BCUT2D eigenvalue weighted by molar-refractivity contribution is 0.186. The lowest BCUT2D eigenvalue weighted by atomic mass is 10.4. The zero-order valence-corrected chi connectivity index (χ0v) is 6.91. The first-order chi connectivity index (χ1) is 4.31. The molecule has 9 heavy (non-hydrogen) atoms. The predicted octanol–water partition coefficient (Wildman–Crippen LogP) is 0.713.